The summed E-state index contributed by atoms with van der Waals surface area (Å²) in [6.07, 6.45) is 1.80. The molecule has 0 saturated carbocycles. The first-order valence-electron chi connectivity index (χ1n) is 6.34. The number of nitrogens with one attached hydrogen (secondary N) is 1. The Hall–Kier alpha value is -1.06. The van der Waals surface area contributed by atoms with Crippen LogP contribution in [0.3, 0.4) is 0 Å². The van der Waals surface area contributed by atoms with Gasteiger partial charge in [-0.2, -0.15) is 0 Å². The second-order valence-corrected chi connectivity index (χ2v) is 4.96. The van der Waals surface area contributed by atoms with Crippen LogP contribution in [0.4, 0.5) is 0 Å². The lowest BCUT2D eigenvalue weighted by Crippen LogP contribution is -3.12. The van der Waals surface area contributed by atoms with Gasteiger partial charge in [-0.1, -0.05) is 0 Å². The molecule has 0 radical (unpaired) electrons. The van der Waals surface area contributed by atoms with E-state index in [2.05, 4.69) is 19.1 Å². The minimum absolute atomic E-state index is 0.0728. The first-order valence-corrected chi connectivity index (χ1v) is 6.34. The molecule has 1 fully saturated rings. The van der Waals surface area contributed by atoms with Crippen LogP contribution in [0, 0.1) is 6.92 Å². The largest absolute Gasteiger partial charge is 0.496 e. The Kier molecular flexibility index (Phi) is 4.02. The fourth-order valence-electron chi connectivity index (χ4n) is 2.53. The summed E-state index contributed by atoms with van der Waals surface area (Å²) in [5.74, 6) is 0.956. The Morgan fingerprint density at radius 2 is 2.06 bits per heavy atom. The second-order valence-electron chi connectivity index (χ2n) is 4.96. The van der Waals surface area contributed by atoms with E-state index in [1.807, 2.05) is 6.07 Å². The molecule has 1 heterocycles. The molecule has 1 aliphatic rings. The fourth-order valence-corrected chi connectivity index (χ4v) is 2.53. The molecule has 1 aliphatic heterocycles. The van der Waals surface area contributed by atoms with Crippen molar-refractivity contribution in [2.75, 3.05) is 20.2 Å². The van der Waals surface area contributed by atoms with Crippen molar-refractivity contribution in [2.24, 2.45) is 0 Å². The second kappa shape index (κ2) is 5.52. The summed E-state index contributed by atoms with van der Waals surface area (Å²) in [5.41, 5.74) is 2.55. The lowest BCUT2D eigenvalue weighted by atomic mass is 10.1. The van der Waals surface area contributed by atoms with Gasteiger partial charge in [0.15, 0.2) is 0 Å². The number of quaternary nitrogens is 1. The number of aliphatic hydroxyl groups is 1. The normalized spacial score (nSPS) is 24.6. The van der Waals surface area contributed by atoms with Crippen LogP contribution in [-0.4, -0.2) is 31.4 Å². The third kappa shape index (κ3) is 3.20. The van der Waals surface area contributed by atoms with E-state index in [0.29, 0.717) is 0 Å². The van der Waals surface area contributed by atoms with Gasteiger partial charge in [0.25, 0.3) is 0 Å². The van der Waals surface area contributed by atoms with Gasteiger partial charge in [0, 0.05) is 18.4 Å². The Balaban J connectivity index is 1.97. The molecule has 3 heteroatoms. The first-order chi connectivity index (χ1) is 8.19. The van der Waals surface area contributed by atoms with Crippen molar-refractivity contribution >= 4 is 0 Å². The molecule has 0 amide bonds. The predicted molar refractivity (Wildman–Crippen MR) is 67.4 cm³/mol. The van der Waals surface area contributed by atoms with Crippen molar-refractivity contribution in [1.82, 2.24) is 0 Å². The van der Waals surface area contributed by atoms with Gasteiger partial charge < -0.3 is 14.7 Å². The third-order valence-corrected chi connectivity index (χ3v) is 3.58. The summed E-state index contributed by atoms with van der Waals surface area (Å²) < 4.78 is 5.26. The van der Waals surface area contributed by atoms with Crippen LogP contribution >= 0.6 is 0 Å². The van der Waals surface area contributed by atoms with Crippen molar-refractivity contribution in [3.8, 4) is 5.75 Å². The van der Waals surface area contributed by atoms with Crippen LogP contribution in [0.1, 0.15) is 24.0 Å². The van der Waals surface area contributed by atoms with Crippen LogP contribution in [0.2, 0.25) is 0 Å². The summed E-state index contributed by atoms with van der Waals surface area (Å²) in [6.45, 7) is 5.29. The molecule has 0 aliphatic carbocycles. The number of methoxy groups -OCH3 is 1. The van der Waals surface area contributed by atoms with E-state index in [1.165, 1.54) is 11.1 Å². The molecular formula is C14H22NO2+. The average Bonchev–Trinajstić information content (AvgIpc) is 2.32. The zero-order valence-electron chi connectivity index (χ0n) is 10.7. The average molecular weight is 236 g/mol. The van der Waals surface area contributed by atoms with E-state index in [1.54, 1.807) is 12.0 Å². The van der Waals surface area contributed by atoms with Crippen molar-refractivity contribution < 1.29 is 14.7 Å². The molecule has 2 rings (SSSR count). The number of hydrogen-bond donors (Lipinski definition) is 2. The highest BCUT2D eigenvalue weighted by molar-refractivity contribution is 5.35. The van der Waals surface area contributed by atoms with E-state index in [-0.39, 0.29) is 6.10 Å². The van der Waals surface area contributed by atoms with E-state index in [0.717, 1.165) is 38.2 Å². The smallest absolute Gasteiger partial charge is 0.121 e. The molecule has 3 nitrogen and oxygen atoms in total. The molecular weight excluding hydrogens is 214 g/mol. The van der Waals surface area contributed by atoms with Crippen LogP contribution < -0.4 is 9.64 Å². The van der Waals surface area contributed by atoms with Crippen LogP contribution in [0.25, 0.3) is 0 Å². The molecule has 2 N–H and O–H groups in total. The van der Waals surface area contributed by atoms with E-state index in [9.17, 15) is 5.11 Å². The van der Waals surface area contributed by atoms with Crippen molar-refractivity contribution in [1.29, 1.82) is 0 Å². The van der Waals surface area contributed by atoms with Crippen LogP contribution in [0.15, 0.2) is 18.2 Å². The Bertz CT molecular complexity index is 370. The molecule has 0 atom stereocenters. The van der Waals surface area contributed by atoms with Gasteiger partial charge in [-0.05, 0) is 30.7 Å². The van der Waals surface area contributed by atoms with E-state index in [4.69, 9.17) is 4.74 Å². The molecule has 0 aromatic heterocycles. The Labute approximate surface area is 103 Å². The highest BCUT2D eigenvalue weighted by atomic mass is 16.5. The highest BCUT2D eigenvalue weighted by Crippen LogP contribution is 2.18. The first kappa shape index (κ1) is 12.4. The summed E-state index contributed by atoms with van der Waals surface area (Å²) in [4.78, 5) is 1.57. The minimum atomic E-state index is -0.0728. The number of aliphatic hydroxyl groups excluding tert-OH is 1. The number of rotatable bonds is 3. The molecule has 17 heavy (non-hydrogen) atoms. The highest BCUT2D eigenvalue weighted by Gasteiger charge is 2.20. The van der Waals surface area contributed by atoms with Gasteiger partial charge >= 0.3 is 0 Å². The summed E-state index contributed by atoms with van der Waals surface area (Å²) in [7, 11) is 1.71. The minimum Gasteiger partial charge on any atom is -0.496 e. The molecule has 94 valence electrons. The van der Waals surface area contributed by atoms with Gasteiger partial charge in [0.1, 0.15) is 12.3 Å². The number of aryl methyl sites for hydroxylation is 1. The van der Waals surface area contributed by atoms with E-state index >= 15 is 0 Å². The lowest BCUT2D eigenvalue weighted by Gasteiger charge is -2.26. The molecule has 1 saturated heterocycles. The molecule has 0 bridgehead atoms. The van der Waals surface area contributed by atoms with Crippen molar-refractivity contribution in [2.45, 2.75) is 32.4 Å². The summed E-state index contributed by atoms with van der Waals surface area (Å²) in [5, 5.41) is 9.48. The van der Waals surface area contributed by atoms with E-state index < -0.39 is 0 Å². The number of hydrogen-bond acceptors (Lipinski definition) is 2. The maximum absolute atomic E-state index is 9.48. The number of piperidine rings is 1. The Morgan fingerprint density at radius 3 is 2.65 bits per heavy atom. The molecule has 1 aromatic carbocycles. The third-order valence-electron chi connectivity index (χ3n) is 3.58. The monoisotopic (exact) mass is 236 g/mol. The predicted octanol–water partition coefficient (Wildman–Crippen LogP) is 0.543. The van der Waals surface area contributed by atoms with Gasteiger partial charge in [-0.25, -0.2) is 0 Å². The van der Waals surface area contributed by atoms with Crippen molar-refractivity contribution in [3.05, 3.63) is 29.3 Å². The van der Waals surface area contributed by atoms with Crippen molar-refractivity contribution in [3.63, 3.8) is 0 Å². The number of benzene rings is 1. The topological polar surface area (TPSA) is 33.9 Å². The Morgan fingerprint density at radius 1 is 1.35 bits per heavy atom. The molecule has 0 unspecified atom stereocenters. The van der Waals surface area contributed by atoms with Crippen LogP contribution in [-0.2, 0) is 6.54 Å². The van der Waals surface area contributed by atoms with Gasteiger partial charge in [0.2, 0.25) is 0 Å². The zero-order chi connectivity index (χ0) is 12.3. The molecule has 1 aromatic rings. The maximum Gasteiger partial charge on any atom is 0.121 e. The molecule has 0 spiro atoms. The van der Waals surface area contributed by atoms with Gasteiger partial charge in [-0.3, -0.25) is 0 Å². The number of likely N-dealkylation sites (tertiary alicyclic amines) is 1. The summed E-state index contributed by atoms with van der Waals surface area (Å²) >= 11 is 0. The number of ether oxygens (including phenoxy) is 1. The van der Waals surface area contributed by atoms with Crippen LogP contribution in [0.5, 0.6) is 5.75 Å². The SMILES string of the molecule is COc1ccc(C[NH+]2CCC(O)CC2)cc1C. The lowest BCUT2D eigenvalue weighted by molar-refractivity contribution is -0.919. The maximum atomic E-state index is 9.48. The quantitative estimate of drug-likeness (QED) is 0.803. The standard InChI is InChI=1S/C14H21NO2/c1-11-9-12(3-4-14(11)17-2)10-15-7-5-13(16)6-8-15/h3-4,9,13,16H,5-8,10H2,1-2H3/p+1. The zero-order valence-corrected chi connectivity index (χ0v) is 10.7. The van der Waals surface area contributed by atoms with Gasteiger partial charge in [-0.15, -0.1) is 0 Å². The summed E-state index contributed by atoms with van der Waals surface area (Å²) in [6, 6.07) is 6.39. The fraction of sp³-hybridized carbons (Fsp3) is 0.571. The van der Waals surface area contributed by atoms with Gasteiger partial charge in [0.05, 0.1) is 26.3 Å².